The van der Waals surface area contributed by atoms with E-state index in [4.69, 9.17) is 19.2 Å². The zero-order valence-corrected chi connectivity index (χ0v) is 17.4. The number of aromatic carboxylic acids is 1. The number of fused-ring (bicyclic) bond motifs is 1. The zero-order valence-electron chi connectivity index (χ0n) is 16.5. The molecule has 30 heavy (non-hydrogen) atoms. The van der Waals surface area contributed by atoms with Crippen LogP contribution in [0.3, 0.4) is 0 Å². The first kappa shape index (κ1) is 20.1. The number of hydrogen-bond acceptors (Lipinski definition) is 6. The second kappa shape index (κ2) is 8.25. The predicted molar refractivity (Wildman–Crippen MR) is 114 cm³/mol. The summed E-state index contributed by atoms with van der Waals surface area (Å²) in [6.07, 6.45) is 0.450. The highest BCUT2D eigenvalue weighted by atomic mass is 32.1. The van der Waals surface area contributed by atoms with E-state index in [-0.39, 0.29) is 17.9 Å². The molecule has 3 aromatic heterocycles. The second-order valence-electron chi connectivity index (χ2n) is 6.93. The molecule has 0 atom stereocenters. The van der Waals surface area contributed by atoms with Crippen LogP contribution in [0, 0.1) is 6.92 Å². The van der Waals surface area contributed by atoms with Gasteiger partial charge in [0.15, 0.2) is 0 Å². The molecule has 7 nitrogen and oxygen atoms in total. The summed E-state index contributed by atoms with van der Waals surface area (Å²) in [6.45, 7) is 2.52. The minimum Gasteiger partial charge on any atom is -0.475 e. The molecule has 0 saturated heterocycles. The van der Waals surface area contributed by atoms with Crippen LogP contribution in [0.25, 0.3) is 21.3 Å². The Labute approximate surface area is 176 Å². The molecule has 3 heterocycles. The minimum atomic E-state index is -1.15. The normalized spacial score (nSPS) is 11.3. The summed E-state index contributed by atoms with van der Waals surface area (Å²) in [5.41, 5.74) is 2.75. The van der Waals surface area contributed by atoms with E-state index < -0.39 is 5.97 Å². The molecule has 1 aromatic carbocycles. The van der Waals surface area contributed by atoms with Crippen LogP contribution in [0.5, 0.6) is 0 Å². The number of carbonyl (C=O) groups is 1. The number of aromatic nitrogens is 2. The molecular weight excluding hydrogens is 404 g/mol. The van der Waals surface area contributed by atoms with Crippen molar-refractivity contribution in [2.45, 2.75) is 19.9 Å². The standard InChI is InChI=1S/C22H20N2O5S/c1-13-3-5-14(6-4-13)16-12-30-20-19(16)21(25)24(18(23-20)9-10-28-2)11-15-7-8-17(29-15)22(26)27/h3-8,12H,9-11H2,1-2H3,(H,26,27). The van der Waals surface area contributed by atoms with Crippen LogP contribution in [0.1, 0.15) is 27.7 Å². The van der Waals surface area contributed by atoms with E-state index in [1.165, 1.54) is 22.0 Å². The Morgan fingerprint density at radius 3 is 2.67 bits per heavy atom. The first-order valence-corrected chi connectivity index (χ1v) is 10.2. The van der Waals surface area contributed by atoms with Crippen molar-refractivity contribution in [1.82, 2.24) is 9.55 Å². The highest BCUT2D eigenvalue weighted by Gasteiger charge is 2.19. The molecule has 0 amide bonds. The highest BCUT2D eigenvalue weighted by Crippen LogP contribution is 2.31. The lowest BCUT2D eigenvalue weighted by molar-refractivity contribution is 0.0660. The number of furan rings is 1. The van der Waals surface area contributed by atoms with Crippen LogP contribution < -0.4 is 5.56 Å². The van der Waals surface area contributed by atoms with Gasteiger partial charge in [0.1, 0.15) is 16.4 Å². The number of aryl methyl sites for hydroxylation is 1. The van der Waals surface area contributed by atoms with Crippen molar-refractivity contribution in [3.8, 4) is 11.1 Å². The molecule has 0 spiro atoms. The summed E-state index contributed by atoms with van der Waals surface area (Å²) in [4.78, 5) is 30.0. The first-order valence-electron chi connectivity index (χ1n) is 9.37. The van der Waals surface area contributed by atoms with Gasteiger partial charge in [-0.1, -0.05) is 29.8 Å². The van der Waals surface area contributed by atoms with Crippen LogP contribution in [0.4, 0.5) is 0 Å². The fourth-order valence-electron chi connectivity index (χ4n) is 3.29. The van der Waals surface area contributed by atoms with Crippen molar-refractivity contribution < 1.29 is 19.1 Å². The van der Waals surface area contributed by atoms with E-state index in [9.17, 15) is 9.59 Å². The maximum absolute atomic E-state index is 13.5. The largest absolute Gasteiger partial charge is 0.475 e. The number of rotatable bonds is 7. The van der Waals surface area contributed by atoms with Crippen LogP contribution in [-0.2, 0) is 17.7 Å². The second-order valence-corrected chi connectivity index (χ2v) is 7.79. The molecule has 0 aliphatic heterocycles. The molecule has 0 saturated carbocycles. The lowest BCUT2D eigenvalue weighted by atomic mass is 10.0. The summed E-state index contributed by atoms with van der Waals surface area (Å²) in [5, 5.41) is 11.6. The van der Waals surface area contributed by atoms with E-state index in [0.29, 0.717) is 34.8 Å². The fraction of sp³-hybridized carbons (Fsp3) is 0.227. The van der Waals surface area contributed by atoms with Crippen molar-refractivity contribution in [1.29, 1.82) is 0 Å². The number of carboxylic acids is 1. The third kappa shape index (κ3) is 3.79. The topological polar surface area (TPSA) is 94.6 Å². The van der Waals surface area contributed by atoms with Crippen molar-refractivity contribution >= 4 is 27.5 Å². The van der Waals surface area contributed by atoms with Gasteiger partial charge in [-0.2, -0.15) is 0 Å². The van der Waals surface area contributed by atoms with Gasteiger partial charge in [0.2, 0.25) is 5.76 Å². The van der Waals surface area contributed by atoms with Gasteiger partial charge >= 0.3 is 5.97 Å². The minimum absolute atomic E-state index is 0.0945. The maximum atomic E-state index is 13.5. The third-order valence-corrected chi connectivity index (χ3v) is 5.72. The quantitative estimate of drug-likeness (QED) is 0.483. The Balaban J connectivity index is 1.85. The zero-order chi connectivity index (χ0) is 21.3. The van der Waals surface area contributed by atoms with Crippen LogP contribution in [-0.4, -0.2) is 34.3 Å². The van der Waals surface area contributed by atoms with E-state index >= 15 is 0 Å². The van der Waals surface area contributed by atoms with E-state index in [2.05, 4.69) is 0 Å². The third-order valence-electron chi connectivity index (χ3n) is 4.85. The first-order chi connectivity index (χ1) is 14.5. The Kier molecular flexibility index (Phi) is 5.52. The van der Waals surface area contributed by atoms with Crippen molar-refractivity contribution in [2.24, 2.45) is 0 Å². The number of hydrogen-bond donors (Lipinski definition) is 1. The Bertz CT molecular complexity index is 1270. The maximum Gasteiger partial charge on any atom is 0.371 e. The molecule has 8 heteroatoms. The lowest BCUT2D eigenvalue weighted by Crippen LogP contribution is -2.26. The molecule has 0 bridgehead atoms. The summed E-state index contributed by atoms with van der Waals surface area (Å²) < 4.78 is 12.1. The van der Waals surface area contributed by atoms with Gasteiger partial charge in [-0.05, 0) is 24.6 Å². The summed E-state index contributed by atoms with van der Waals surface area (Å²) in [5.74, 6) is -0.371. The number of benzene rings is 1. The molecule has 0 aliphatic rings. The van der Waals surface area contributed by atoms with E-state index in [1.807, 2.05) is 36.6 Å². The van der Waals surface area contributed by atoms with Gasteiger partial charge < -0.3 is 14.3 Å². The molecule has 0 unspecified atom stereocenters. The van der Waals surface area contributed by atoms with Gasteiger partial charge in [-0.15, -0.1) is 11.3 Å². The lowest BCUT2D eigenvalue weighted by Gasteiger charge is -2.12. The molecule has 0 radical (unpaired) electrons. The van der Waals surface area contributed by atoms with Gasteiger partial charge in [0.05, 0.1) is 18.5 Å². The molecule has 1 N–H and O–H groups in total. The number of ether oxygens (including phenoxy) is 1. The van der Waals surface area contributed by atoms with E-state index in [1.54, 1.807) is 13.2 Å². The Morgan fingerprint density at radius 1 is 1.23 bits per heavy atom. The number of methoxy groups -OCH3 is 1. The van der Waals surface area contributed by atoms with Crippen LogP contribution in [0.15, 0.2) is 51.0 Å². The van der Waals surface area contributed by atoms with Gasteiger partial charge in [0.25, 0.3) is 5.56 Å². The number of nitrogens with zero attached hydrogens (tertiary/aromatic N) is 2. The summed E-state index contributed by atoms with van der Waals surface area (Å²) >= 11 is 1.43. The SMILES string of the molecule is COCCc1nc2scc(-c3ccc(C)cc3)c2c(=O)n1Cc1ccc(C(=O)O)o1. The molecular formula is C22H20N2O5S. The van der Waals surface area contributed by atoms with Crippen LogP contribution >= 0.6 is 11.3 Å². The fourth-order valence-corrected chi connectivity index (χ4v) is 4.25. The number of carboxylic acid groups (broad SMARTS) is 1. The van der Waals surface area contributed by atoms with Gasteiger partial charge in [-0.25, -0.2) is 9.78 Å². The highest BCUT2D eigenvalue weighted by molar-refractivity contribution is 7.17. The molecule has 4 aromatic rings. The Morgan fingerprint density at radius 2 is 2.00 bits per heavy atom. The van der Waals surface area contributed by atoms with Crippen molar-refractivity contribution in [2.75, 3.05) is 13.7 Å². The molecule has 0 aliphatic carbocycles. The molecule has 0 fully saturated rings. The van der Waals surface area contributed by atoms with E-state index in [0.717, 1.165) is 16.7 Å². The monoisotopic (exact) mass is 424 g/mol. The molecule has 154 valence electrons. The van der Waals surface area contributed by atoms with Crippen molar-refractivity contribution in [3.63, 3.8) is 0 Å². The summed E-state index contributed by atoms with van der Waals surface area (Å²) in [7, 11) is 1.59. The van der Waals surface area contributed by atoms with Crippen LogP contribution in [0.2, 0.25) is 0 Å². The molecule has 4 rings (SSSR count). The average molecular weight is 424 g/mol. The van der Waals surface area contributed by atoms with Gasteiger partial charge in [0, 0.05) is 24.5 Å². The summed E-state index contributed by atoms with van der Waals surface area (Å²) in [6, 6.07) is 10.9. The average Bonchev–Trinajstić information content (AvgIpc) is 3.37. The predicted octanol–water partition coefficient (Wildman–Crippen LogP) is 3.96. The van der Waals surface area contributed by atoms with Crippen molar-refractivity contribution in [3.05, 3.63) is 75.0 Å². The Hall–Kier alpha value is -3.23. The van der Waals surface area contributed by atoms with Gasteiger partial charge in [-0.3, -0.25) is 9.36 Å². The smallest absolute Gasteiger partial charge is 0.371 e. The number of thiophene rings is 1.